The molecule has 0 fully saturated rings. The number of alkyl halides is 3. The number of hydrogen-bond acceptors (Lipinski definition) is 2. The van der Waals surface area contributed by atoms with Crippen LogP contribution in [0.25, 0.3) is 0 Å². The first kappa shape index (κ1) is 15.5. The van der Waals surface area contributed by atoms with Gasteiger partial charge in [0.1, 0.15) is 11.4 Å². The van der Waals surface area contributed by atoms with Crippen LogP contribution in [0.1, 0.15) is 21.6 Å². The van der Waals surface area contributed by atoms with Crippen molar-refractivity contribution in [2.75, 3.05) is 13.7 Å². The molecule has 1 aromatic carbocycles. The summed E-state index contributed by atoms with van der Waals surface area (Å²) in [5, 5.41) is 0. The Kier molecular flexibility index (Phi) is 3.79. The zero-order valence-electron chi connectivity index (χ0n) is 12.4. The molecule has 1 aliphatic rings. The number of nitrogens with zero attached hydrogens (tertiary/aromatic N) is 2. The van der Waals surface area contributed by atoms with Gasteiger partial charge in [0.15, 0.2) is 0 Å². The van der Waals surface area contributed by atoms with E-state index in [0.29, 0.717) is 18.8 Å². The lowest BCUT2D eigenvalue weighted by Gasteiger charge is -2.29. The number of benzene rings is 1. The van der Waals surface area contributed by atoms with Crippen LogP contribution in [0.4, 0.5) is 13.2 Å². The Bertz CT molecular complexity index is 720. The van der Waals surface area contributed by atoms with Crippen LogP contribution in [0.3, 0.4) is 0 Å². The van der Waals surface area contributed by atoms with Gasteiger partial charge in [-0.2, -0.15) is 13.2 Å². The lowest BCUT2D eigenvalue weighted by atomic mass is 10.1. The molecular weight excluding hydrogens is 309 g/mol. The first-order chi connectivity index (χ1) is 10.9. The van der Waals surface area contributed by atoms with Crippen LogP contribution in [-0.2, 0) is 19.3 Å². The normalized spacial score (nSPS) is 14.8. The molecule has 4 nitrogen and oxygen atoms in total. The van der Waals surface area contributed by atoms with E-state index in [1.54, 1.807) is 31.4 Å². The molecule has 7 heteroatoms. The van der Waals surface area contributed by atoms with Gasteiger partial charge in [-0.05, 0) is 23.8 Å². The molecule has 2 heterocycles. The molecule has 0 radical (unpaired) electrons. The van der Waals surface area contributed by atoms with Gasteiger partial charge in [-0.25, -0.2) is 0 Å². The second-order valence-corrected chi connectivity index (χ2v) is 5.34. The van der Waals surface area contributed by atoms with Crippen molar-refractivity contribution in [1.82, 2.24) is 9.47 Å². The summed E-state index contributed by atoms with van der Waals surface area (Å²) in [5.41, 5.74) is -0.313. The third-order valence-electron chi connectivity index (χ3n) is 3.90. The number of rotatable bonds is 3. The number of ether oxygens (including phenoxy) is 1. The van der Waals surface area contributed by atoms with Crippen molar-refractivity contribution in [1.29, 1.82) is 0 Å². The molecule has 0 saturated heterocycles. The first-order valence-electron chi connectivity index (χ1n) is 7.08. The molecule has 2 aromatic rings. The second-order valence-electron chi connectivity index (χ2n) is 5.34. The van der Waals surface area contributed by atoms with Gasteiger partial charge in [0.2, 0.25) is 0 Å². The fourth-order valence-corrected chi connectivity index (χ4v) is 2.71. The molecule has 1 aromatic heterocycles. The van der Waals surface area contributed by atoms with Gasteiger partial charge in [0, 0.05) is 25.8 Å². The van der Waals surface area contributed by atoms with Crippen molar-refractivity contribution < 1.29 is 22.7 Å². The summed E-state index contributed by atoms with van der Waals surface area (Å²) in [4.78, 5) is 13.9. The van der Waals surface area contributed by atoms with Gasteiger partial charge in [0.25, 0.3) is 5.91 Å². The van der Waals surface area contributed by atoms with E-state index in [1.165, 1.54) is 15.7 Å². The molecule has 1 aliphatic heterocycles. The SMILES string of the molecule is COc1ccc(CN2CCn3ccc(C(F)(F)F)c3C2=O)cc1. The average Bonchev–Trinajstić information content (AvgIpc) is 2.96. The topological polar surface area (TPSA) is 34.5 Å². The largest absolute Gasteiger partial charge is 0.497 e. The fourth-order valence-electron chi connectivity index (χ4n) is 2.71. The van der Waals surface area contributed by atoms with Gasteiger partial charge in [-0.15, -0.1) is 0 Å². The highest BCUT2D eigenvalue weighted by Gasteiger charge is 2.40. The molecule has 0 saturated carbocycles. The zero-order valence-corrected chi connectivity index (χ0v) is 12.4. The highest BCUT2D eigenvalue weighted by Crippen LogP contribution is 2.34. The minimum atomic E-state index is -4.53. The van der Waals surface area contributed by atoms with Crippen LogP contribution in [0.5, 0.6) is 5.75 Å². The van der Waals surface area contributed by atoms with Crippen molar-refractivity contribution in [3.8, 4) is 5.75 Å². The molecule has 0 spiro atoms. The van der Waals surface area contributed by atoms with Crippen LogP contribution in [0.15, 0.2) is 36.5 Å². The number of aromatic nitrogens is 1. The average molecular weight is 324 g/mol. The lowest BCUT2D eigenvalue weighted by molar-refractivity contribution is -0.138. The summed E-state index contributed by atoms with van der Waals surface area (Å²) in [6.45, 7) is 1.00. The molecular formula is C16H15F3N2O2. The van der Waals surface area contributed by atoms with E-state index in [0.717, 1.165) is 11.6 Å². The van der Waals surface area contributed by atoms with Gasteiger partial charge >= 0.3 is 6.18 Å². The van der Waals surface area contributed by atoms with Gasteiger partial charge < -0.3 is 14.2 Å². The number of carbonyl (C=O) groups is 1. The quantitative estimate of drug-likeness (QED) is 0.869. The summed E-state index contributed by atoms with van der Waals surface area (Å²) in [6.07, 6.45) is -3.21. The monoisotopic (exact) mass is 324 g/mol. The summed E-state index contributed by atoms with van der Waals surface area (Å²) in [6, 6.07) is 8.07. The number of halogens is 3. The predicted molar refractivity (Wildman–Crippen MR) is 77.2 cm³/mol. The van der Waals surface area contributed by atoms with Crippen molar-refractivity contribution in [2.45, 2.75) is 19.3 Å². The van der Waals surface area contributed by atoms with Crippen LogP contribution >= 0.6 is 0 Å². The zero-order chi connectivity index (χ0) is 16.6. The Morgan fingerprint density at radius 1 is 1.13 bits per heavy atom. The number of hydrogen-bond donors (Lipinski definition) is 0. The number of amides is 1. The highest BCUT2D eigenvalue weighted by atomic mass is 19.4. The molecule has 0 bridgehead atoms. The third kappa shape index (κ3) is 2.91. The molecule has 23 heavy (non-hydrogen) atoms. The maximum Gasteiger partial charge on any atom is 0.418 e. The van der Waals surface area contributed by atoms with E-state index in [9.17, 15) is 18.0 Å². The Morgan fingerprint density at radius 2 is 1.83 bits per heavy atom. The second kappa shape index (κ2) is 5.64. The Hall–Kier alpha value is -2.44. The minimum Gasteiger partial charge on any atom is -0.497 e. The molecule has 0 atom stereocenters. The van der Waals surface area contributed by atoms with Crippen molar-refractivity contribution in [3.63, 3.8) is 0 Å². The van der Waals surface area contributed by atoms with Gasteiger partial charge in [0.05, 0.1) is 12.7 Å². The molecule has 0 aliphatic carbocycles. The lowest BCUT2D eigenvalue weighted by Crippen LogP contribution is -2.40. The number of carbonyl (C=O) groups excluding carboxylic acids is 1. The van der Waals surface area contributed by atoms with Crippen molar-refractivity contribution in [3.05, 3.63) is 53.3 Å². The molecule has 0 N–H and O–H groups in total. The van der Waals surface area contributed by atoms with E-state index >= 15 is 0 Å². The van der Waals surface area contributed by atoms with E-state index in [1.807, 2.05) is 0 Å². The first-order valence-corrected chi connectivity index (χ1v) is 7.08. The minimum absolute atomic E-state index is 0.269. The molecule has 0 unspecified atom stereocenters. The van der Waals surface area contributed by atoms with Gasteiger partial charge in [-0.3, -0.25) is 4.79 Å². The van der Waals surface area contributed by atoms with Crippen molar-refractivity contribution in [2.24, 2.45) is 0 Å². The number of methoxy groups -OCH3 is 1. The van der Waals surface area contributed by atoms with Crippen LogP contribution in [0, 0.1) is 0 Å². The van der Waals surface area contributed by atoms with Crippen LogP contribution in [0.2, 0.25) is 0 Å². The maximum atomic E-state index is 13.0. The third-order valence-corrected chi connectivity index (χ3v) is 3.90. The van der Waals surface area contributed by atoms with Crippen molar-refractivity contribution >= 4 is 5.91 Å². The summed E-state index contributed by atoms with van der Waals surface area (Å²) < 4.78 is 45.5. The maximum absolute atomic E-state index is 13.0. The van der Waals surface area contributed by atoms with E-state index in [2.05, 4.69) is 0 Å². The summed E-state index contributed by atoms with van der Waals surface area (Å²) in [5.74, 6) is 0.0938. The molecule has 1 amide bonds. The Labute approximate surface area is 131 Å². The fraction of sp³-hybridized carbons (Fsp3) is 0.312. The summed E-state index contributed by atoms with van der Waals surface area (Å²) >= 11 is 0. The Balaban J connectivity index is 1.84. The molecule has 122 valence electrons. The standard InChI is InChI=1S/C16H15F3N2O2/c1-23-12-4-2-11(3-5-12)10-21-9-8-20-7-6-13(16(17,18)19)14(20)15(21)22/h2-7H,8-10H2,1H3. The van der Waals surface area contributed by atoms with E-state index in [4.69, 9.17) is 4.74 Å². The number of fused-ring (bicyclic) bond motifs is 1. The predicted octanol–water partition coefficient (Wildman–Crippen LogP) is 3.17. The summed E-state index contributed by atoms with van der Waals surface area (Å²) in [7, 11) is 1.55. The van der Waals surface area contributed by atoms with Gasteiger partial charge in [-0.1, -0.05) is 12.1 Å². The highest BCUT2D eigenvalue weighted by molar-refractivity contribution is 5.95. The van der Waals surface area contributed by atoms with E-state index in [-0.39, 0.29) is 12.2 Å². The van der Waals surface area contributed by atoms with Crippen LogP contribution < -0.4 is 4.74 Å². The molecule has 3 rings (SSSR count). The Morgan fingerprint density at radius 3 is 2.43 bits per heavy atom. The van der Waals surface area contributed by atoms with E-state index < -0.39 is 17.6 Å². The van der Waals surface area contributed by atoms with Crippen LogP contribution in [-0.4, -0.2) is 29.0 Å². The smallest absolute Gasteiger partial charge is 0.418 e.